The molecule has 0 bridgehead atoms. The molecule has 0 aromatic carbocycles. The van der Waals surface area contributed by atoms with Gasteiger partial charge in [-0.2, -0.15) is 5.10 Å². The van der Waals surface area contributed by atoms with Gasteiger partial charge in [-0.15, -0.1) is 0 Å². The van der Waals surface area contributed by atoms with Crippen LogP contribution < -0.4 is 5.32 Å². The van der Waals surface area contributed by atoms with Crippen molar-refractivity contribution in [3.8, 4) is 11.3 Å². The number of rotatable bonds is 4. The standard InChI is InChI=1S/C19H20N6O2/c1-20-18-9-13(5-6-21-18)19(26)25-7-8-27-17(12-25)16-4-2-3-15(24-16)14-10-22-23-11-14/h2-6,9-11,17H,7-8,12H2,1H3,(H,20,21)(H,22,23)/t17-/m1/s1. The first kappa shape index (κ1) is 17.2. The van der Waals surface area contributed by atoms with Gasteiger partial charge < -0.3 is 15.0 Å². The minimum Gasteiger partial charge on any atom is -0.373 e. The van der Waals surface area contributed by atoms with Crippen LogP contribution in [-0.2, 0) is 4.74 Å². The number of aromatic nitrogens is 4. The minimum absolute atomic E-state index is 0.0341. The monoisotopic (exact) mass is 364 g/mol. The van der Waals surface area contributed by atoms with E-state index < -0.39 is 0 Å². The highest BCUT2D eigenvalue weighted by Crippen LogP contribution is 2.24. The lowest BCUT2D eigenvalue weighted by Crippen LogP contribution is -2.42. The molecule has 4 heterocycles. The second-order valence-electron chi connectivity index (χ2n) is 6.23. The number of ether oxygens (including phenoxy) is 1. The van der Waals surface area contributed by atoms with E-state index in [1.807, 2.05) is 18.2 Å². The molecule has 0 spiro atoms. The molecule has 1 fully saturated rings. The molecule has 0 unspecified atom stereocenters. The lowest BCUT2D eigenvalue weighted by molar-refractivity contribution is -0.0246. The van der Waals surface area contributed by atoms with E-state index >= 15 is 0 Å². The Morgan fingerprint density at radius 3 is 3.11 bits per heavy atom. The highest BCUT2D eigenvalue weighted by molar-refractivity contribution is 5.94. The molecular weight excluding hydrogens is 344 g/mol. The molecule has 1 atom stereocenters. The van der Waals surface area contributed by atoms with Crippen LogP contribution in [0.5, 0.6) is 0 Å². The van der Waals surface area contributed by atoms with Gasteiger partial charge in [-0.1, -0.05) is 6.07 Å². The van der Waals surface area contributed by atoms with Crippen molar-refractivity contribution in [2.75, 3.05) is 32.1 Å². The summed E-state index contributed by atoms with van der Waals surface area (Å²) in [6.07, 6.45) is 4.89. The fourth-order valence-corrected chi connectivity index (χ4v) is 3.08. The van der Waals surface area contributed by atoms with Crippen molar-refractivity contribution in [2.45, 2.75) is 6.10 Å². The fraction of sp³-hybridized carbons (Fsp3) is 0.263. The normalized spacial score (nSPS) is 16.9. The van der Waals surface area contributed by atoms with Gasteiger partial charge in [-0.3, -0.25) is 9.89 Å². The van der Waals surface area contributed by atoms with Gasteiger partial charge in [-0.25, -0.2) is 9.97 Å². The number of H-pyrrole nitrogens is 1. The summed E-state index contributed by atoms with van der Waals surface area (Å²) < 4.78 is 5.89. The van der Waals surface area contributed by atoms with Crippen molar-refractivity contribution < 1.29 is 9.53 Å². The summed E-state index contributed by atoms with van der Waals surface area (Å²) in [5, 5.41) is 9.71. The molecule has 1 amide bonds. The number of carbonyl (C=O) groups excluding carboxylic acids is 1. The number of morpholine rings is 1. The van der Waals surface area contributed by atoms with E-state index in [0.717, 1.165) is 17.0 Å². The van der Waals surface area contributed by atoms with E-state index in [0.29, 0.717) is 31.1 Å². The first-order valence-electron chi connectivity index (χ1n) is 8.75. The van der Waals surface area contributed by atoms with Crippen LogP contribution in [0.25, 0.3) is 11.3 Å². The van der Waals surface area contributed by atoms with Crippen LogP contribution in [0.1, 0.15) is 22.2 Å². The van der Waals surface area contributed by atoms with E-state index in [-0.39, 0.29) is 12.0 Å². The maximum absolute atomic E-state index is 12.9. The van der Waals surface area contributed by atoms with Crippen molar-refractivity contribution in [1.82, 2.24) is 25.1 Å². The van der Waals surface area contributed by atoms with Crippen LogP contribution in [0, 0.1) is 0 Å². The van der Waals surface area contributed by atoms with Crippen LogP contribution in [-0.4, -0.2) is 57.7 Å². The molecule has 0 saturated carbocycles. The molecule has 138 valence electrons. The minimum atomic E-state index is -0.264. The Hall–Kier alpha value is -3.26. The molecule has 8 nitrogen and oxygen atoms in total. The van der Waals surface area contributed by atoms with Gasteiger partial charge in [0.05, 0.1) is 30.7 Å². The van der Waals surface area contributed by atoms with Crippen LogP contribution >= 0.6 is 0 Å². The molecule has 1 aliphatic heterocycles. The first-order chi connectivity index (χ1) is 13.2. The van der Waals surface area contributed by atoms with Crippen LogP contribution in [0.3, 0.4) is 0 Å². The van der Waals surface area contributed by atoms with E-state index in [1.54, 1.807) is 42.7 Å². The summed E-state index contributed by atoms with van der Waals surface area (Å²) in [6.45, 7) is 1.48. The predicted octanol–water partition coefficient (Wildman–Crippen LogP) is 2.12. The highest BCUT2D eigenvalue weighted by Gasteiger charge is 2.27. The number of amides is 1. The van der Waals surface area contributed by atoms with Gasteiger partial charge >= 0.3 is 0 Å². The zero-order valence-corrected chi connectivity index (χ0v) is 14.9. The van der Waals surface area contributed by atoms with Crippen LogP contribution in [0.4, 0.5) is 5.82 Å². The van der Waals surface area contributed by atoms with Crippen molar-refractivity contribution in [2.24, 2.45) is 0 Å². The highest BCUT2D eigenvalue weighted by atomic mass is 16.5. The second-order valence-corrected chi connectivity index (χ2v) is 6.23. The Balaban J connectivity index is 1.53. The number of aromatic amines is 1. The van der Waals surface area contributed by atoms with Crippen LogP contribution in [0.2, 0.25) is 0 Å². The zero-order chi connectivity index (χ0) is 18.6. The molecular formula is C19H20N6O2. The maximum Gasteiger partial charge on any atom is 0.254 e. The summed E-state index contributed by atoms with van der Waals surface area (Å²) in [5.74, 6) is 0.633. The number of anilines is 1. The summed E-state index contributed by atoms with van der Waals surface area (Å²) in [5.41, 5.74) is 3.14. The Morgan fingerprint density at radius 2 is 2.30 bits per heavy atom. The van der Waals surface area contributed by atoms with E-state index in [4.69, 9.17) is 4.74 Å². The Kier molecular flexibility index (Phi) is 4.80. The van der Waals surface area contributed by atoms with Gasteiger partial charge in [-0.05, 0) is 24.3 Å². The lowest BCUT2D eigenvalue weighted by atomic mass is 10.1. The summed E-state index contributed by atoms with van der Waals surface area (Å²) in [6, 6.07) is 9.27. The zero-order valence-electron chi connectivity index (χ0n) is 14.9. The van der Waals surface area contributed by atoms with Crippen molar-refractivity contribution in [1.29, 1.82) is 0 Å². The Labute approximate surface area is 156 Å². The van der Waals surface area contributed by atoms with E-state index in [9.17, 15) is 4.79 Å². The smallest absolute Gasteiger partial charge is 0.254 e. The average Bonchev–Trinajstić information content (AvgIpc) is 3.28. The third-order valence-electron chi connectivity index (χ3n) is 4.51. The molecule has 3 aromatic rings. The molecule has 2 N–H and O–H groups in total. The van der Waals surface area contributed by atoms with Gasteiger partial charge in [0.15, 0.2) is 0 Å². The maximum atomic E-state index is 12.9. The molecule has 1 aliphatic rings. The fourth-order valence-electron chi connectivity index (χ4n) is 3.08. The van der Waals surface area contributed by atoms with Crippen molar-refractivity contribution >= 4 is 11.7 Å². The Morgan fingerprint density at radius 1 is 1.37 bits per heavy atom. The number of nitrogens with one attached hydrogen (secondary N) is 2. The lowest BCUT2D eigenvalue weighted by Gasteiger charge is -2.33. The first-order valence-corrected chi connectivity index (χ1v) is 8.75. The number of nitrogens with zero attached hydrogens (tertiary/aromatic N) is 4. The van der Waals surface area contributed by atoms with E-state index in [1.165, 1.54) is 0 Å². The number of hydrogen-bond donors (Lipinski definition) is 2. The van der Waals surface area contributed by atoms with Gasteiger partial charge in [0, 0.05) is 37.1 Å². The van der Waals surface area contributed by atoms with E-state index in [2.05, 4.69) is 25.5 Å². The number of hydrogen-bond acceptors (Lipinski definition) is 6. The predicted molar refractivity (Wildman–Crippen MR) is 100 cm³/mol. The molecule has 0 radical (unpaired) electrons. The summed E-state index contributed by atoms with van der Waals surface area (Å²) >= 11 is 0. The second kappa shape index (κ2) is 7.55. The molecule has 3 aromatic heterocycles. The summed E-state index contributed by atoms with van der Waals surface area (Å²) in [4.78, 5) is 23.5. The molecule has 1 saturated heterocycles. The molecule has 0 aliphatic carbocycles. The van der Waals surface area contributed by atoms with Crippen molar-refractivity contribution in [3.05, 3.63) is 60.2 Å². The third kappa shape index (κ3) is 3.65. The SMILES string of the molecule is CNc1cc(C(=O)N2CCO[C@@H](c3cccc(-c4cn[nH]c4)n3)C2)ccn1. The van der Waals surface area contributed by atoms with Crippen LogP contribution in [0.15, 0.2) is 48.9 Å². The van der Waals surface area contributed by atoms with Crippen molar-refractivity contribution in [3.63, 3.8) is 0 Å². The van der Waals surface area contributed by atoms with Gasteiger partial charge in [0.25, 0.3) is 5.91 Å². The molecule has 4 rings (SSSR count). The average molecular weight is 364 g/mol. The largest absolute Gasteiger partial charge is 0.373 e. The topological polar surface area (TPSA) is 96.0 Å². The molecule has 27 heavy (non-hydrogen) atoms. The van der Waals surface area contributed by atoms with Gasteiger partial charge in [0.2, 0.25) is 0 Å². The summed E-state index contributed by atoms with van der Waals surface area (Å²) in [7, 11) is 1.78. The third-order valence-corrected chi connectivity index (χ3v) is 4.51. The number of pyridine rings is 2. The molecule has 8 heteroatoms. The quantitative estimate of drug-likeness (QED) is 0.736. The van der Waals surface area contributed by atoms with Gasteiger partial charge in [0.1, 0.15) is 11.9 Å². The number of carbonyl (C=O) groups is 1. The Bertz CT molecular complexity index is 927.